The summed E-state index contributed by atoms with van der Waals surface area (Å²) in [6.07, 6.45) is 1.58. The van der Waals surface area contributed by atoms with Crippen molar-refractivity contribution in [2.75, 3.05) is 0 Å². The molecule has 0 fully saturated rings. The van der Waals surface area contributed by atoms with E-state index in [1.807, 2.05) is 26.0 Å². The summed E-state index contributed by atoms with van der Waals surface area (Å²) in [6, 6.07) is 5.30. The van der Waals surface area contributed by atoms with Crippen molar-refractivity contribution in [2.45, 2.75) is 23.9 Å². The van der Waals surface area contributed by atoms with Gasteiger partial charge in [0.2, 0.25) is 0 Å². The fraction of sp³-hybridized carbons (Fsp3) is 0.167. The molecule has 0 atom stereocenters. The maximum absolute atomic E-state index is 13.6. The Labute approximate surface area is 112 Å². The zero-order valence-corrected chi connectivity index (χ0v) is 11.8. The Balaban J connectivity index is 2.31. The van der Waals surface area contributed by atoms with E-state index in [4.69, 9.17) is 0 Å². The highest BCUT2D eigenvalue weighted by atomic mass is 79.9. The van der Waals surface area contributed by atoms with Crippen molar-refractivity contribution in [3.05, 3.63) is 45.9 Å². The molecular weight excluding hydrogens is 303 g/mol. The van der Waals surface area contributed by atoms with E-state index >= 15 is 0 Å². The topological polar surface area (TPSA) is 25.8 Å². The molecule has 0 aliphatic heterocycles. The molecule has 0 amide bonds. The molecule has 0 spiro atoms. The minimum atomic E-state index is -0.342. The Kier molecular flexibility index (Phi) is 3.79. The molecule has 2 nitrogen and oxygen atoms in total. The predicted octanol–water partition coefficient (Wildman–Crippen LogP) is 4.15. The predicted molar refractivity (Wildman–Crippen MR) is 69.7 cm³/mol. The highest BCUT2D eigenvalue weighted by molar-refractivity contribution is 9.10. The first-order valence-electron chi connectivity index (χ1n) is 4.99. The Morgan fingerprint density at radius 3 is 2.65 bits per heavy atom. The molecule has 88 valence electrons. The standard InChI is InChI=1S/C12H10BrFN2S/c1-7-3-8(2)16-11(4-7)17-12-10(14)5-9(13)6-15-12/h3-6H,1-2H3. The van der Waals surface area contributed by atoms with Gasteiger partial charge in [-0.1, -0.05) is 0 Å². The minimum absolute atomic E-state index is 0.339. The lowest BCUT2D eigenvalue weighted by Gasteiger charge is -2.04. The van der Waals surface area contributed by atoms with Crippen LogP contribution in [0.5, 0.6) is 0 Å². The van der Waals surface area contributed by atoms with Gasteiger partial charge in [0.05, 0.1) is 0 Å². The largest absolute Gasteiger partial charge is 0.246 e. The van der Waals surface area contributed by atoms with E-state index in [9.17, 15) is 4.39 Å². The molecule has 0 radical (unpaired) electrons. The van der Waals surface area contributed by atoms with Gasteiger partial charge in [-0.05, 0) is 65.3 Å². The number of nitrogens with zero attached hydrogens (tertiary/aromatic N) is 2. The lowest BCUT2D eigenvalue weighted by Crippen LogP contribution is -1.90. The molecule has 2 rings (SSSR count). The Morgan fingerprint density at radius 1 is 1.24 bits per heavy atom. The molecule has 2 aromatic heterocycles. The van der Waals surface area contributed by atoms with E-state index in [1.54, 1.807) is 6.20 Å². The maximum Gasteiger partial charge on any atom is 0.156 e. The quantitative estimate of drug-likeness (QED) is 0.833. The lowest BCUT2D eigenvalue weighted by atomic mass is 10.3. The van der Waals surface area contributed by atoms with Gasteiger partial charge in [-0.2, -0.15) is 0 Å². The van der Waals surface area contributed by atoms with Gasteiger partial charge in [-0.15, -0.1) is 0 Å². The molecule has 0 aromatic carbocycles. The number of aromatic nitrogens is 2. The van der Waals surface area contributed by atoms with Crippen LogP contribution in [0.15, 0.2) is 38.9 Å². The van der Waals surface area contributed by atoms with Crippen molar-refractivity contribution in [3.8, 4) is 0 Å². The summed E-state index contributed by atoms with van der Waals surface area (Å²) in [6.45, 7) is 3.91. The van der Waals surface area contributed by atoms with Crippen molar-refractivity contribution >= 4 is 27.7 Å². The van der Waals surface area contributed by atoms with E-state index < -0.39 is 0 Å². The average molecular weight is 313 g/mol. The fourth-order valence-electron chi connectivity index (χ4n) is 1.43. The van der Waals surface area contributed by atoms with Gasteiger partial charge < -0.3 is 0 Å². The third-order valence-corrected chi connectivity index (χ3v) is 3.40. The van der Waals surface area contributed by atoms with Gasteiger partial charge in [0.25, 0.3) is 0 Å². The van der Waals surface area contributed by atoms with Crippen LogP contribution in [-0.2, 0) is 0 Å². The molecule has 0 saturated carbocycles. The summed E-state index contributed by atoms with van der Waals surface area (Å²) in [5.41, 5.74) is 2.03. The number of rotatable bonds is 2. The molecule has 0 unspecified atom stereocenters. The molecule has 2 heterocycles. The summed E-state index contributed by atoms with van der Waals surface area (Å²) >= 11 is 4.41. The summed E-state index contributed by atoms with van der Waals surface area (Å²) < 4.78 is 14.2. The molecule has 17 heavy (non-hydrogen) atoms. The zero-order chi connectivity index (χ0) is 12.4. The van der Waals surface area contributed by atoms with Crippen LogP contribution >= 0.6 is 27.7 Å². The molecule has 0 N–H and O–H groups in total. The summed E-state index contributed by atoms with van der Waals surface area (Å²) in [4.78, 5) is 8.37. The molecule has 0 bridgehead atoms. The lowest BCUT2D eigenvalue weighted by molar-refractivity contribution is 0.586. The Bertz CT molecular complexity index is 540. The Hall–Kier alpha value is -0.940. The third kappa shape index (κ3) is 3.26. The van der Waals surface area contributed by atoms with Crippen molar-refractivity contribution in [1.82, 2.24) is 9.97 Å². The second-order valence-electron chi connectivity index (χ2n) is 3.67. The number of pyridine rings is 2. The summed E-state index contributed by atoms with van der Waals surface area (Å²) in [7, 11) is 0. The number of hydrogen-bond donors (Lipinski definition) is 0. The van der Waals surface area contributed by atoms with E-state index in [1.165, 1.54) is 17.8 Å². The van der Waals surface area contributed by atoms with Gasteiger partial charge in [-0.25, -0.2) is 14.4 Å². The van der Waals surface area contributed by atoms with Crippen molar-refractivity contribution < 1.29 is 4.39 Å². The zero-order valence-electron chi connectivity index (χ0n) is 9.37. The van der Waals surface area contributed by atoms with Crippen LogP contribution in [0.1, 0.15) is 11.3 Å². The fourth-order valence-corrected chi connectivity index (χ4v) is 2.63. The summed E-state index contributed by atoms with van der Waals surface area (Å²) in [5, 5.41) is 1.10. The molecule has 0 aliphatic rings. The van der Waals surface area contributed by atoms with E-state index in [2.05, 4.69) is 25.9 Å². The molecule has 0 saturated heterocycles. The second-order valence-corrected chi connectivity index (χ2v) is 5.59. The number of hydrogen-bond acceptors (Lipinski definition) is 3. The minimum Gasteiger partial charge on any atom is -0.246 e. The van der Waals surface area contributed by atoms with Crippen molar-refractivity contribution in [3.63, 3.8) is 0 Å². The SMILES string of the molecule is Cc1cc(C)nc(Sc2ncc(Br)cc2F)c1. The van der Waals surface area contributed by atoms with E-state index in [-0.39, 0.29) is 5.82 Å². The van der Waals surface area contributed by atoms with Crippen LogP contribution in [0.3, 0.4) is 0 Å². The second kappa shape index (κ2) is 5.14. The average Bonchev–Trinajstić information content (AvgIpc) is 2.21. The van der Waals surface area contributed by atoms with Gasteiger partial charge >= 0.3 is 0 Å². The van der Waals surface area contributed by atoms with Gasteiger partial charge in [0.15, 0.2) is 5.82 Å². The van der Waals surface area contributed by atoms with Gasteiger partial charge in [0, 0.05) is 16.4 Å². The monoisotopic (exact) mass is 312 g/mol. The van der Waals surface area contributed by atoms with Crippen LogP contribution in [-0.4, -0.2) is 9.97 Å². The molecule has 5 heteroatoms. The van der Waals surface area contributed by atoms with Crippen LogP contribution in [0.2, 0.25) is 0 Å². The van der Waals surface area contributed by atoms with Crippen LogP contribution in [0, 0.1) is 19.7 Å². The van der Waals surface area contributed by atoms with Gasteiger partial charge in [-0.3, -0.25) is 0 Å². The van der Waals surface area contributed by atoms with Crippen LogP contribution in [0.25, 0.3) is 0 Å². The summed E-state index contributed by atoms with van der Waals surface area (Å²) in [5.74, 6) is -0.342. The van der Waals surface area contributed by atoms with Gasteiger partial charge in [0.1, 0.15) is 10.1 Å². The first kappa shape index (κ1) is 12.5. The van der Waals surface area contributed by atoms with Crippen molar-refractivity contribution in [2.24, 2.45) is 0 Å². The van der Waals surface area contributed by atoms with Crippen LogP contribution in [0.4, 0.5) is 4.39 Å². The molecule has 2 aromatic rings. The van der Waals surface area contributed by atoms with Crippen LogP contribution < -0.4 is 0 Å². The highest BCUT2D eigenvalue weighted by Crippen LogP contribution is 2.28. The maximum atomic E-state index is 13.6. The normalized spacial score (nSPS) is 10.6. The smallest absolute Gasteiger partial charge is 0.156 e. The molecular formula is C12H10BrFN2S. The third-order valence-electron chi connectivity index (χ3n) is 2.05. The highest BCUT2D eigenvalue weighted by Gasteiger charge is 2.08. The van der Waals surface area contributed by atoms with E-state index in [0.29, 0.717) is 9.50 Å². The first-order valence-corrected chi connectivity index (χ1v) is 6.60. The van der Waals surface area contributed by atoms with E-state index in [0.717, 1.165) is 16.3 Å². The Morgan fingerprint density at radius 2 is 2.00 bits per heavy atom. The first-order chi connectivity index (χ1) is 8.04. The number of aryl methyl sites for hydroxylation is 2. The van der Waals surface area contributed by atoms with Crippen molar-refractivity contribution in [1.29, 1.82) is 0 Å². The molecule has 0 aliphatic carbocycles. The number of halogens is 2.